The first kappa shape index (κ1) is 14.4. The van der Waals surface area contributed by atoms with Crippen molar-refractivity contribution in [1.29, 1.82) is 0 Å². The van der Waals surface area contributed by atoms with Gasteiger partial charge in [0.2, 0.25) is 0 Å². The second kappa shape index (κ2) is 5.56. The first-order valence-corrected chi connectivity index (χ1v) is 5.87. The second-order valence-electron chi connectivity index (χ2n) is 3.63. The number of carbonyl (C=O) groups is 1. The number of nitrogens with one attached hydrogen (secondary N) is 1. The molecule has 1 aromatic carbocycles. The minimum Gasteiger partial charge on any atom is -0.398 e. The van der Waals surface area contributed by atoms with E-state index in [0.717, 1.165) is 6.33 Å². The number of nitrogens with two attached hydrogens (primary N) is 1. The van der Waals surface area contributed by atoms with Crippen LogP contribution in [0.15, 0.2) is 18.5 Å². The molecule has 3 N–H and O–H groups in total. The number of benzene rings is 1. The highest BCUT2D eigenvalue weighted by Gasteiger charge is 2.17. The summed E-state index contributed by atoms with van der Waals surface area (Å²) in [6.07, 6.45) is 1.08. The summed E-state index contributed by atoms with van der Waals surface area (Å²) in [4.78, 5) is 19.2. The summed E-state index contributed by atoms with van der Waals surface area (Å²) in [6.45, 7) is 0. The first-order chi connectivity index (χ1) is 9.40. The van der Waals surface area contributed by atoms with Crippen LogP contribution < -0.4 is 11.1 Å². The van der Waals surface area contributed by atoms with Gasteiger partial charge in [-0.1, -0.05) is 23.2 Å². The number of nitrogen functional groups attached to an aromatic ring is 1. The summed E-state index contributed by atoms with van der Waals surface area (Å²) < 4.78 is 26.0. The van der Waals surface area contributed by atoms with Crippen LogP contribution in [-0.2, 0) is 0 Å². The van der Waals surface area contributed by atoms with Gasteiger partial charge < -0.3 is 11.1 Å². The maximum absolute atomic E-state index is 13.1. The van der Waals surface area contributed by atoms with Gasteiger partial charge in [0.25, 0.3) is 5.91 Å². The number of halogens is 4. The zero-order valence-electron chi connectivity index (χ0n) is 9.62. The molecule has 0 saturated carbocycles. The van der Waals surface area contributed by atoms with E-state index in [1.807, 2.05) is 0 Å². The molecule has 0 spiro atoms. The highest BCUT2D eigenvalue weighted by Crippen LogP contribution is 2.26. The van der Waals surface area contributed by atoms with Crippen LogP contribution >= 0.6 is 23.2 Å². The molecule has 5 nitrogen and oxygen atoms in total. The van der Waals surface area contributed by atoms with E-state index in [2.05, 4.69) is 15.3 Å². The summed E-state index contributed by atoms with van der Waals surface area (Å²) in [5.41, 5.74) is 4.97. The van der Waals surface area contributed by atoms with Crippen molar-refractivity contribution in [3.8, 4) is 0 Å². The lowest BCUT2D eigenvalue weighted by Crippen LogP contribution is -2.16. The predicted molar refractivity (Wildman–Crippen MR) is 70.8 cm³/mol. The van der Waals surface area contributed by atoms with Crippen molar-refractivity contribution in [3.63, 3.8) is 0 Å². The van der Waals surface area contributed by atoms with Crippen molar-refractivity contribution in [1.82, 2.24) is 9.97 Å². The summed E-state index contributed by atoms with van der Waals surface area (Å²) >= 11 is 11.4. The fourth-order valence-electron chi connectivity index (χ4n) is 1.37. The van der Waals surface area contributed by atoms with Gasteiger partial charge >= 0.3 is 0 Å². The van der Waals surface area contributed by atoms with Crippen molar-refractivity contribution in [3.05, 3.63) is 45.8 Å². The van der Waals surface area contributed by atoms with E-state index in [-0.39, 0.29) is 27.2 Å². The van der Waals surface area contributed by atoms with Gasteiger partial charge in [0.05, 0.1) is 5.56 Å². The standard InChI is InChI=1S/C11H6Cl2F2N4O/c12-8-9(13)17-3-18-10(8)19-11(20)4-1-5(14)6(15)2-7(4)16/h1-3H,16H2,(H,17,18,19,20). The average Bonchev–Trinajstić information content (AvgIpc) is 2.39. The number of amides is 1. The number of hydrogen-bond donors (Lipinski definition) is 2. The van der Waals surface area contributed by atoms with Crippen LogP contribution in [0.1, 0.15) is 10.4 Å². The van der Waals surface area contributed by atoms with E-state index < -0.39 is 17.5 Å². The number of aromatic nitrogens is 2. The summed E-state index contributed by atoms with van der Waals surface area (Å²) in [5, 5.41) is 2.14. The fraction of sp³-hybridized carbons (Fsp3) is 0. The smallest absolute Gasteiger partial charge is 0.259 e. The number of nitrogens with zero attached hydrogens (tertiary/aromatic N) is 2. The lowest BCUT2D eigenvalue weighted by Gasteiger charge is -2.08. The van der Waals surface area contributed by atoms with Crippen LogP contribution in [0.2, 0.25) is 10.2 Å². The topological polar surface area (TPSA) is 80.9 Å². The molecule has 2 rings (SSSR count). The van der Waals surface area contributed by atoms with Gasteiger partial charge in [0.15, 0.2) is 22.6 Å². The maximum atomic E-state index is 13.1. The monoisotopic (exact) mass is 318 g/mol. The molecule has 0 aliphatic carbocycles. The van der Waals surface area contributed by atoms with Crippen molar-refractivity contribution in [2.24, 2.45) is 0 Å². The number of carbonyl (C=O) groups excluding carboxylic acids is 1. The third-order valence-corrected chi connectivity index (χ3v) is 3.06. The highest BCUT2D eigenvalue weighted by atomic mass is 35.5. The minimum atomic E-state index is -1.20. The Bertz CT molecular complexity index is 696. The third kappa shape index (κ3) is 2.78. The number of rotatable bonds is 2. The highest BCUT2D eigenvalue weighted by molar-refractivity contribution is 6.43. The molecular formula is C11H6Cl2F2N4O. The largest absolute Gasteiger partial charge is 0.398 e. The van der Waals surface area contributed by atoms with Gasteiger partial charge in [-0.3, -0.25) is 4.79 Å². The summed E-state index contributed by atoms with van der Waals surface area (Å²) in [6, 6.07) is 1.38. The van der Waals surface area contributed by atoms with Crippen LogP contribution in [0.4, 0.5) is 20.3 Å². The van der Waals surface area contributed by atoms with Crippen LogP contribution in [-0.4, -0.2) is 15.9 Å². The molecule has 0 fully saturated rings. The lowest BCUT2D eigenvalue weighted by molar-refractivity contribution is 0.102. The summed E-state index contributed by atoms with van der Waals surface area (Å²) in [5.74, 6) is -3.22. The van der Waals surface area contributed by atoms with Gasteiger partial charge in [-0.05, 0) is 6.07 Å². The lowest BCUT2D eigenvalue weighted by atomic mass is 10.1. The Hall–Kier alpha value is -1.99. The molecule has 1 amide bonds. The van der Waals surface area contributed by atoms with Crippen molar-refractivity contribution < 1.29 is 13.6 Å². The second-order valence-corrected chi connectivity index (χ2v) is 4.37. The van der Waals surface area contributed by atoms with Gasteiger partial charge in [0, 0.05) is 11.8 Å². The molecule has 0 atom stereocenters. The Morgan fingerprint density at radius 1 is 1.20 bits per heavy atom. The normalized spacial score (nSPS) is 10.4. The molecule has 0 aliphatic rings. The predicted octanol–water partition coefficient (Wildman–Crippen LogP) is 2.90. The molecule has 0 bridgehead atoms. The molecule has 0 aliphatic heterocycles. The van der Waals surface area contributed by atoms with Gasteiger partial charge in [-0.15, -0.1) is 0 Å². The first-order valence-electron chi connectivity index (χ1n) is 5.12. The Kier molecular flexibility index (Phi) is 4.01. The molecule has 0 radical (unpaired) electrons. The zero-order valence-corrected chi connectivity index (χ0v) is 11.1. The maximum Gasteiger partial charge on any atom is 0.259 e. The quantitative estimate of drug-likeness (QED) is 0.659. The third-order valence-electron chi connectivity index (χ3n) is 2.32. The number of hydrogen-bond acceptors (Lipinski definition) is 4. The van der Waals surface area contributed by atoms with E-state index in [4.69, 9.17) is 28.9 Å². The van der Waals surface area contributed by atoms with Gasteiger partial charge in [-0.25, -0.2) is 18.7 Å². The van der Waals surface area contributed by atoms with Crippen LogP contribution in [0.5, 0.6) is 0 Å². The molecule has 1 heterocycles. The van der Waals surface area contributed by atoms with E-state index in [1.165, 1.54) is 0 Å². The van der Waals surface area contributed by atoms with Crippen molar-refractivity contribution >= 4 is 40.6 Å². The van der Waals surface area contributed by atoms with E-state index in [1.54, 1.807) is 0 Å². The Labute approximate surface area is 121 Å². The minimum absolute atomic E-state index is 0.0600. The fourth-order valence-corrected chi connectivity index (χ4v) is 1.65. The molecular weight excluding hydrogens is 313 g/mol. The Morgan fingerprint density at radius 2 is 1.85 bits per heavy atom. The molecule has 0 saturated heterocycles. The van der Waals surface area contributed by atoms with Crippen LogP contribution in [0, 0.1) is 11.6 Å². The average molecular weight is 319 g/mol. The SMILES string of the molecule is Nc1cc(F)c(F)cc1C(=O)Nc1ncnc(Cl)c1Cl. The molecule has 9 heteroatoms. The molecule has 2 aromatic rings. The summed E-state index contributed by atoms with van der Waals surface area (Å²) in [7, 11) is 0. The van der Waals surface area contributed by atoms with Crippen LogP contribution in [0.3, 0.4) is 0 Å². The molecule has 1 aromatic heterocycles. The van der Waals surface area contributed by atoms with E-state index >= 15 is 0 Å². The Balaban J connectivity index is 2.33. The van der Waals surface area contributed by atoms with Crippen molar-refractivity contribution in [2.75, 3.05) is 11.1 Å². The van der Waals surface area contributed by atoms with Gasteiger partial charge in [0.1, 0.15) is 11.3 Å². The zero-order chi connectivity index (χ0) is 14.9. The molecule has 104 valence electrons. The molecule has 0 unspecified atom stereocenters. The molecule has 20 heavy (non-hydrogen) atoms. The Morgan fingerprint density at radius 3 is 2.55 bits per heavy atom. The van der Waals surface area contributed by atoms with Crippen molar-refractivity contribution in [2.45, 2.75) is 0 Å². The van der Waals surface area contributed by atoms with Gasteiger partial charge in [-0.2, -0.15) is 0 Å². The number of anilines is 2. The van der Waals surface area contributed by atoms with E-state index in [9.17, 15) is 13.6 Å². The van der Waals surface area contributed by atoms with E-state index in [0.29, 0.717) is 12.1 Å². The van der Waals surface area contributed by atoms with Crippen LogP contribution in [0.25, 0.3) is 0 Å².